The number of hydrogen-bond acceptors (Lipinski definition) is 10. The van der Waals surface area contributed by atoms with Crippen molar-refractivity contribution in [2.24, 2.45) is 5.92 Å². The summed E-state index contributed by atoms with van der Waals surface area (Å²) in [5, 5.41) is 51.8. The predicted molar refractivity (Wildman–Crippen MR) is 497 cm³/mol. The van der Waals surface area contributed by atoms with Crippen molar-refractivity contribution < 1.29 is 101 Å². The van der Waals surface area contributed by atoms with Gasteiger partial charge in [0, 0.05) is 162 Å². The molecule has 5 aromatic heterocycles. The number of pyridine rings is 5. The van der Waals surface area contributed by atoms with E-state index in [0.717, 1.165) is 73.8 Å². The van der Waals surface area contributed by atoms with Crippen LogP contribution in [0.15, 0.2) is 213 Å². The molecule has 5 radical (unpaired) electrons. The fourth-order valence-corrected chi connectivity index (χ4v) is 20.8. The molecule has 0 amide bonds. The molecule has 5 heterocycles. The zero-order valence-electron chi connectivity index (χ0n) is 73.1. The van der Waals surface area contributed by atoms with Crippen LogP contribution in [0.5, 0.6) is 0 Å². The molecule has 0 aliphatic heterocycles. The molecule has 10 nitrogen and oxygen atoms in total. The first-order chi connectivity index (χ1) is 55.8. The first kappa shape index (κ1) is 105. The summed E-state index contributed by atoms with van der Waals surface area (Å²) in [7, 11) is -7.12. The maximum atomic E-state index is 9.00. The molecule has 0 unspecified atom stereocenters. The standard InChI is InChI=1S/C21H19N2Si.C21H25N2Si.C21H19N2Si.C20H23N2Si.C19H23N2Si.5Ir/c1-24(2,3)21-15-23-20(18-11-9-16(14-22)10-12-18)13-19(21)17-7-5-4-6-8-17;2*1-24(2,3)19-13-20(17-7-5-4-6-8-17)21(23-15-19)18-11-9-16(14-22)10-12-18;1-23(2,3)20-14-22-19(12-18(20)16-6-4-5-7-16)17-10-8-15(13-21)9-11-17;1-14(2)10-17-11-18(22(3,4)5)13-21-19(17)16-8-6-15(12-20)7-9-16;;;;;/h4-11,13,15H,1-3H3;9-11,13,15,17H,4-8H2,1-3H3;4-11,13,15H,1-3H3;8-10,12,14,16H,4-7H2,1-3H3;6-8,11,13-14H,10H2,1-5H3;;;;;/q5*-1;;;;;. The van der Waals surface area contributed by atoms with Crippen molar-refractivity contribution in [2.75, 3.05) is 0 Å². The van der Waals surface area contributed by atoms with Gasteiger partial charge in [0.1, 0.15) is 0 Å². The van der Waals surface area contributed by atoms with Crippen LogP contribution in [0.3, 0.4) is 0 Å². The van der Waals surface area contributed by atoms with Crippen LogP contribution in [-0.2, 0) is 107 Å². The molecule has 2 aliphatic rings. The fraction of sp³-hybridized carbons (Fsp3) is 0.294. The molecular formula is C102H109Ir5N10Si5-5. The average molecular weight is 2580 g/mol. The van der Waals surface area contributed by atoms with Crippen molar-refractivity contribution in [3.63, 3.8) is 0 Å². The zero-order chi connectivity index (χ0) is 84.2. The van der Waals surface area contributed by atoms with Gasteiger partial charge in [-0.3, -0.25) is 0 Å². The van der Waals surface area contributed by atoms with E-state index in [1.165, 1.54) is 112 Å². The predicted octanol–water partition coefficient (Wildman–Crippen LogP) is 23.1. The van der Waals surface area contributed by atoms with Crippen LogP contribution in [0.25, 0.3) is 78.5 Å². The second-order valence-corrected chi connectivity index (χ2v) is 61.5. The Labute approximate surface area is 800 Å². The van der Waals surface area contributed by atoms with Crippen LogP contribution in [0.2, 0.25) is 98.2 Å². The van der Waals surface area contributed by atoms with Gasteiger partial charge in [0.2, 0.25) is 0 Å². The first-order valence-corrected chi connectivity index (χ1v) is 58.5. The van der Waals surface area contributed by atoms with E-state index in [-0.39, 0.29) is 101 Å². The molecule has 0 spiro atoms. The van der Waals surface area contributed by atoms with Gasteiger partial charge in [0.05, 0.1) is 40.4 Å². The summed E-state index contributed by atoms with van der Waals surface area (Å²) in [6.07, 6.45) is 23.1. The Balaban J connectivity index is 0.000000268. The van der Waals surface area contributed by atoms with E-state index in [1.54, 1.807) is 30.3 Å². The van der Waals surface area contributed by atoms with E-state index < -0.39 is 40.4 Å². The van der Waals surface area contributed by atoms with Crippen LogP contribution in [-0.4, -0.2) is 65.3 Å². The van der Waals surface area contributed by atoms with E-state index >= 15 is 0 Å². The SMILES string of the molecule is CC(C)Cc1cc([Si](C)(C)C)cnc1-c1[c-]cc(C#N)cc1.C[Si](C)(C)c1cnc(-c2[c-]cc(C#N)cc2)c(-c2ccccc2)c1.C[Si](C)(C)c1cnc(-c2[c-]cc(C#N)cc2)c(C2CCCCC2)c1.C[Si](C)(C)c1cnc(-c2[c-]cc(C#N)cc2)cc1-c1ccccc1.C[Si](C)(C)c1cnc(-c2[c-]cc(C#N)cc2)cc1C1CCCC1.[Ir].[Ir].[Ir].[Ir].[Ir]. The number of benzene rings is 7. The van der Waals surface area contributed by atoms with Crippen LogP contribution in [0.4, 0.5) is 0 Å². The van der Waals surface area contributed by atoms with Crippen molar-refractivity contribution in [3.8, 4) is 109 Å². The van der Waals surface area contributed by atoms with Crippen molar-refractivity contribution >= 4 is 66.3 Å². The maximum absolute atomic E-state index is 9.00. The quantitative estimate of drug-likeness (QED) is 0.0666. The van der Waals surface area contributed by atoms with E-state index in [0.29, 0.717) is 45.6 Å². The third-order valence-electron chi connectivity index (χ3n) is 21.5. The van der Waals surface area contributed by atoms with Crippen molar-refractivity contribution in [2.45, 2.75) is 188 Å². The minimum atomic E-state index is -1.52. The minimum Gasteiger partial charge on any atom is -0.305 e. The molecule has 7 aromatic carbocycles. The van der Waals surface area contributed by atoms with E-state index in [2.05, 4.69) is 257 Å². The Morgan fingerprint density at radius 3 is 1.05 bits per heavy atom. The average Bonchev–Trinajstić information content (AvgIpc) is 0.980. The second kappa shape index (κ2) is 48.0. The Kier molecular flexibility index (Phi) is 41.1. The Bertz CT molecular complexity index is 5580. The van der Waals surface area contributed by atoms with Crippen LogP contribution in [0, 0.1) is 92.9 Å². The van der Waals surface area contributed by atoms with Gasteiger partial charge >= 0.3 is 0 Å². The molecule has 637 valence electrons. The number of rotatable bonds is 16. The van der Waals surface area contributed by atoms with E-state index in [4.69, 9.17) is 46.2 Å². The van der Waals surface area contributed by atoms with Crippen LogP contribution in [0.1, 0.15) is 128 Å². The molecule has 122 heavy (non-hydrogen) atoms. The van der Waals surface area contributed by atoms with E-state index in [1.807, 2.05) is 104 Å². The summed E-state index contributed by atoms with van der Waals surface area (Å²) in [6, 6.07) is 86.6. The summed E-state index contributed by atoms with van der Waals surface area (Å²) in [4.78, 5) is 23.8. The summed E-state index contributed by atoms with van der Waals surface area (Å²) in [6.45, 7) is 39.8. The van der Waals surface area contributed by atoms with Gasteiger partial charge in [-0.05, 0) is 154 Å². The third-order valence-corrected chi connectivity index (χ3v) is 31.6. The maximum Gasteiger partial charge on any atom is 0.0803 e. The smallest absolute Gasteiger partial charge is 0.0803 e. The molecule has 14 rings (SSSR count). The van der Waals surface area contributed by atoms with Gasteiger partial charge in [0.15, 0.2) is 0 Å². The largest absolute Gasteiger partial charge is 0.305 e. The minimum absolute atomic E-state index is 0. The number of nitriles is 5. The molecule has 12 aromatic rings. The monoisotopic (exact) mass is 2580 g/mol. The normalized spacial score (nSPS) is 12.5. The molecular weight excluding hydrogens is 2470 g/mol. The summed E-state index contributed by atoms with van der Waals surface area (Å²) in [5.74, 6) is 1.88. The number of aromatic nitrogens is 5. The topological polar surface area (TPSA) is 183 Å². The summed E-state index contributed by atoms with van der Waals surface area (Å²) >= 11 is 0. The van der Waals surface area contributed by atoms with Gasteiger partial charge < -0.3 is 24.9 Å². The molecule has 0 N–H and O–H groups in total. The van der Waals surface area contributed by atoms with Crippen molar-refractivity contribution in [3.05, 3.63) is 288 Å². The van der Waals surface area contributed by atoms with Crippen LogP contribution >= 0.6 is 0 Å². The van der Waals surface area contributed by atoms with Gasteiger partial charge in [-0.1, -0.05) is 252 Å². The van der Waals surface area contributed by atoms with Crippen molar-refractivity contribution in [1.82, 2.24) is 24.9 Å². The molecule has 20 heteroatoms. The first-order valence-electron chi connectivity index (χ1n) is 41.0. The Morgan fingerprint density at radius 2 is 0.664 bits per heavy atom. The zero-order valence-corrected chi connectivity index (χ0v) is 90.1. The third kappa shape index (κ3) is 29.1. The summed E-state index contributed by atoms with van der Waals surface area (Å²) < 4.78 is 0. The number of nitrogens with zero attached hydrogens (tertiary/aromatic N) is 10. The second-order valence-electron chi connectivity index (χ2n) is 36.2. The molecule has 0 atom stereocenters. The number of hydrogen-bond donors (Lipinski definition) is 0. The van der Waals surface area contributed by atoms with Gasteiger partial charge in [-0.25, -0.2) is 26.3 Å². The van der Waals surface area contributed by atoms with Gasteiger partial charge in [-0.2, -0.15) is 0 Å². The molecule has 2 fully saturated rings. The van der Waals surface area contributed by atoms with Gasteiger partial charge in [0.25, 0.3) is 0 Å². The fourth-order valence-electron chi connectivity index (χ4n) is 14.6. The Hall–Kier alpha value is -7.93. The molecule has 2 saturated carbocycles. The van der Waals surface area contributed by atoms with Gasteiger partial charge in [-0.15, -0.1) is 149 Å². The Morgan fingerprint density at radius 1 is 0.328 bits per heavy atom. The van der Waals surface area contributed by atoms with Crippen LogP contribution < -0.4 is 25.9 Å². The molecule has 0 saturated heterocycles. The summed E-state index contributed by atoms with van der Waals surface area (Å²) in [5.41, 5.74) is 21.7. The molecule has 0 bridgehead atoms. The van der Waals surface area contributed by atoms with Crippen molar-refractivity contribution in [1.29, 1.82) is 26.3 Å². The molecule has 2 aliphatic carbocycles. The van der Waals surface area contributed by atoms with E-state index in [9.17, 15) is 0 Å².